The van der Waals surface area contributed by atoms with Crippen molar-refractivity contribution in [3.05, 3.63) is 58.4 Å². The molecular formula is C19H21N3O2S. The highest BCUT2D eigenvalue weighted by Gasteiger charge is 2.11. The normalized spacial score (nSPS) is 11.4. The van der Waals surface area contributed by atoms with E-state index in [0.29, 0.717) is 6.54 Å². The van der Waals surface area contributed by atoms with E-state index in [9.17, 15) is 4.79 Å². The van der Waals surface area contributed by atoms with Gasteiger partial charge in [0.25, 0.3) is 0 Å². The summed E-state index contributed by atoms with van der Waals surface area (Å²) in [6, 6.07) is 7.73. The molecule has 0 radical (unpaired) electrons. The number of nitrogens with zero attached hydrogens (tertiary/aromatic N) is 3. The second-order valence-electron chi connectivity index (χ2n) is 5.96. The maximum absolute atomic E-state index is 12.4. The average molecular weight is 355 g/mol. The molecule has 0 saturated carbocycles. The maximum Gasteiger partial charge on any atom is 0.246 e. The van der Waals surface area contributed by atoms with E-state index in [1.54, 1.807) is 36.5 Å². The van der Waals surface area contributed by atoms with E-state index >= 15 is 0 Å². The van der Waals surface area contributed by atoms with Crippen molar-refractivity contribution in [1.82, 2.24) is 14.3 Å². The highest BCUT2D eigenvalue weighted by Crippen LogP contribution is 2.21. The zero-order valence-corrected chi connectivity index (χ0v) is 15.6. The van der Waals surface area contributed by atoms with Crippen molar-refractivity contribution in [2.24, 2.45) is 0 Å². The Morgan fingerprint density at radius 1 is 1.40 bits per heavy atom. The van der Waals surface area contributed by atoms with Crippen molar-refractivity contribution in [2.45, 2.75) is 20.4 Å². The first-order valence-corrected chi connectivity index (χ1v) is 8.81. The van der Waals surface area contributed by atoms with Gasteiger partial charge < -0.3 is 9.64 Å². The molecule has 0 aliphatic heterocycles. The first-order valence-electron chi connectivity index (χ1n) is 7.99. The van der Waals surface area contributed by atoms with Crippen LogP contribution in [0.3, 0.4) is 0 Å². The molecule has 0 unspecified atom stereocenters. The Morgan fingerprint density at radius 3 is 2.96 bits per heavy atom. The number of likely N-dealkylation sites (N-methyl/N-ethyl adjacent to an activating group) is 1. The van der Waals surface area contributed by atoms with E-state index in [4.69, 9.17) is 4.74 Å². The van der Waals surface area contributed by atoms with Gasteiger partial charge in [-0.25, -0.2) is 4.98 Å². The topological polar surface area (TPSA) is 46.8 Å². The van der Waals surface area contributed by atoms with Gasteiger partial charge in [-0.1, -0.05) is 12.1 Å². The Hall–Kier alpha value is -2.60. The van der Waals surface area contributed by atoms with Gasteiger partial charge in [-0.2, -0.15) is 0 Å². The van der Waals surface area contributed by atoms with Gasteiger partial charge in [0, 0.05) is 30.7 Å². The standard InChI is InChI=1S/C19H21N3O2S/c1-13-11-22-17(14(2)20-19(22)25-13)8-9-18(23)21(3)12-15-6-5-7-16(10-15)24-4/h5-11H,12H2,1-4H3/b9-8+. The van der Waals surface area contributed by atoms with Crippen LogP contribution in [-0.4, -0.2) is 34.3 Å². The quantitative estimate of drug-likeness (QED) is 0.656. The fourth-order valence-electron chi connectivity index (χ4n) is 2.68. The first-order chi connectivity index (χ1) is 12.0. The fourth-order valence-corrected chi connectivity index (χ4v) is 3.56. The molecule has 0 spiro atoms. The van der Waals surface area contributed by atoms with Crippen LogP contribution in [0.2, 0.25) is 0 Å². The van der Waals surface area contributed by atoms with E-state index < -0.39 is 0 Å². The van der Waals surface area contributed by atoms with Gasteiger partial charge in [-0.15, -0.1) is 11.3 Å². The van der Waals surface area contributed by atoms with Gasteiger partial charge in [0.1, 0.15) is 5.75 Å². The average Bonchev–Trinajstić information content (AvgIpc) is 3.07. The van der Waals surface area contributed by atoms with Crippen molar-refractivity contribution < 1.29 is 9.53 Å². The summed E-state index contributed by atoms with van der Waals surface area (Å²) in [5.74, 6) is 0.739. The number of aryl methyl sites for hydroxylation is 2. The number of methoxy groups -OCH3 is 1. The summed E-state index contributed by atoms with van der Waals surface area (Å²) in [5.41, 5.74) is 2.90. The first kappa shape index (κ1) is 17.2. The molecule has 130 valence electrons. The van der Waals surface area contributed by atoms with Crippen molar-refractivity contribution in [1.29, 1.82) is 0 Å². The molecule has 2 aromatic heterocycles. The second kappa shape index (κ2) is 7.11. The highest BCUT2D eigenvalue weighted by molar-refractivity contribution is 7.17. The summed E-state index contributed by atoms with van der Waals surface area (Å²) >= 11 is 1.64. The summed E-state index contributed by atoms with van der Waals surface area (Å²) in [5, 5.41) is 0. The van der Waals surface area contributed by atoms with E-state index in [-0.39, 0.29) is 5.91 Å². The molecule has 3 aromatic rings. The number of hydrogen-bond acceptors (Lipinski definition) is 4. The largest absolute Gasteiger partial charge is 0.497 e. The monoisotopic (exact) mass is 355 g/mol. The van der Waals surface area contributed by atoms with Crippen LogP contribution in [0.25, 0.3) is 11.0 Å². The number of rotatable bonds is 5. The molecule has 6 heteroatoms. The smallest absolute Gasteiger partial charge is 0.246 e. The molecule has 1 aromatic carbocycles. The van der Waals surface area contributed by atoms with E-state index in [0.717, 1.165) is 27.7 Å². The van der Waals surface area contributed by atoms with Crippen molar-refractivity contribution in [3.63, 3.8) is 0 Å². The van der Waals surface area contributed by atoms with Crippen LogP contribution in [0, 0.1) is 13.8 Å². The zero-order valence-electron chi connectivity index (χ0n) is 14.8. The Morgan fingerprint density at radius 2 is 2.20 bits per heavy atom. The molecule has 2 heterocycles. The zero-order chi connectivity index (χ0) is 18.0. The summed E-state index contributed by atoms with van der Waals surface area (Å²) in [6.07, 6.45) is 5.49. The van der Waals surface area contributed by atoms with Crippen LogP contribution < -0.4 is 4.74 Å². The summed E-state index contributed by atoms with van der Waals surface area (Å²) in [6.45, 7) is 4.53. The Kier molecular flexibility index (Phi) is 4.90. The Bertz CT molecular complexity index is 939. The molecular weight excluding hydrogens is 334 g/mol. The highest BCUT2D eigenvalue weighted by atomic mass is 32.1. The lowest BCUT2D eigenvalue weighted by atomic mass is 10.2. The molecule has 25 heavy (non-hydrogen) atoms. The SMILES string of the molecule is COc1cccc(CN(C)C(=O)/C=C/c2c(C)nc3sc(C)cn23)c1. The number of ether oxygens (including phenoxy) is 1. The van der Waals surface area contributed by atoms with Crippen LogP contribution in [0.4, 0.5) is 0 Å². The lowest BCUT2D eigenvalue weighted by Gasteiger charge is -2.15. The van der Waals surface area contributed by atoms with Crippen molar-refractivity contribution >= 4 is 28.3 Å². The number of benzene rings is 1. The van der Waals surface area contributed by atoms with Gasteiger partial charge in [0.05, 0.1) is 18.5 Å². The number of amides is 1. The lowest BCUT2D eigenvalue weighted by Crippen LogP contribution is -2.24. The van der Waals surface area contributed by atoms with Gasteiger partial charge in [0.2, 0.25) is 5.91 Å². The molecule has 5 nitrogen and oxygen atoms in total. The third-order valence-electron chi connectivity index (χ3n) is 3.98. The Balaban J connectivity index is 1.73. The van der Waals surface area contributed by atoms with Crippen LogP contribution >= 0.6 is 11.3 Å². The molecule has 0 aliphatic carbocycles. The molecule has 0 fully saturated rings. The van der Waals surface area contributed by atoms with Gasteiger partial charge in [0.15, 0.2) is 4.96 Å². The van der Waals surface area contributed by atoms with Crippen LogP contribution in [-0.2, 0) is 11.3 Å². The lowest BCUT2D eigenvalue weighted by molar-refractivity contribution is -0.125. The summed E-state index contributed by atoms with van der Waals surface area (Å²) in [7, 11) is 3.43. The maximum atomic E-state index is 12.4. The fraction of sp³-hybridized carbons (Fsp3) is 0.263. The van der Waals surface area contributed by atoms with Gasteiger partial charge in [-0.3, -0.25) is 9.20 Å². The number of carbonyl (C=O) groups excluding carboxylic acids is 1. The minimum absolute atomic E-state index is 0.0517. The van der Waals surface area contributed by atoms with E-state index in [1.807, 2.05) is 47.9 Å². The third-order valence-corrected chi connectivity index (χ3v) is 4.87. The van der Waals surface area contributed by atoms with Gasteiger partial charge in [-0.05, 0) is 37.6 Å². The van der Waals surface area contributed by atoms with Crippen LogP contribution in [0.5, 0.6) is 5.75 Å². The Labute approximate surface area is 151 Å². The predicted octanol–water partition coefficient (Wildman–Crippen LogP) is 3.69. The van der Waals surface area contributed by atoms with Crippen LogP contribution in [0.15, 0.2) is 36.5 Å². The molecule has 0 saturated heterocycles. The minimum atomic E-state index is -0.0517. The molecule has 1 amide bonds. The summed E-state index contributed by atoms with van der Waals surface area (Å²) < 4.78 is 7.25. The number of carbonyl (C=O) groups is 1. The van der Waals surface area contributed by atoms with Crippen molar-refractivity contribution in [3.8, 4) is 5.75 Å². The molecule has 0 bridgehead atoms. The van der Waals surface area contributed by atoms with Crippen LogP contribution in [0.1, 0.15) is 21.8 Å². The second-order valence-corrected chi connectivity index (χ2v) is 7.17. The molecule has 0 atom stereocenters. The predicted molar refractivity (Wildman–Crippen MR) is 101 cm³/mol. The number of hydrogen-bond donors (Lipinski definition) is 0. The van der Waals surface area contributed by atoms with E-state index in [1.165, 1.54) is 4.88 Å². The molecule has 0 aliphatic rings. The molecule has 3 rings (SSSR count). The number of aromatic nitrogens is 2. The van der Waals surface area contributed by atoms with Gasteiger partial charge >= 0.3 is 0 Å². The van der Waals surface area contributed by atoms with E-state index in [2.05, 4.69) is 11.9 Å². The minimum Gasteiger partial charge on any atom is -0.497 e. The third kappa shape index (κ3) is 3.74. The molecule has 0 N–H and O–H groups in total. The number of imidazole rings is 1. The summed E-state index contributed by atoms with van der Waals surface area (Å²) in [4.78, 5) is 20.8. The number of thiazole rings is 1. The number of fused-ring (bicyclic) bond motifs is 1. The van der Waals surface area contributed by atoms with Crippen molar-refractivity contribution in [2.75, 3.05) is 14.2 Å².